The molecule has 1 N–H and O–H groups in total. The molecule has 4 aromatic carbocycles. The highest BCUT2D eigenvalue weighted by Crippen LogP contribution is 2.44. The van der Waals surface area contributed by atoms with Gasteiger partial charge < -0.3 is 28.5 Å². The Morgan fingerprint density at radius 2 is 1.67 bits per heavy atom. The van der Waals surface area contributed by atoms with Gasteiger partial charge in [-0.05, 0) is 65.2 Å². The van der Waals surface area contributed by atoms with E-state index in [1.54, 1.807) is 38.5 Å². The van der Waals surface area contributed by atoms with Crippen molar-refractivity contribution in [1.82, 2.24) is 0 Å². The molecule has 1 aliphatic heterocycles. The van der Waals surface area contributed by atoms with Crippen LogP contribution in [0.15, 0.2) is 94.3 Å². The molecule has 1 aliphatic rings. The van der Waals surface area contributed by atoms with Crippen molar-refractivity contribution >= 4 is 16.9 Å². The molecule has 0 aliphatic carbocycles. The summed E-state index contributed by atoms with van der Waals surface area (Å²) in [4.78, 5) is 26.2. The molecule has 6 rings (SSSR count). The number of phenolic OH excluding ortho intramolecular Hbond substituents is 1. The molecule has 0 bridgehead atoms. The van der Waals surface area contributed by atoms with E-state index >= 15 is 0 Å². The maximum atomic E-state index is 13.5. The van der Waals surface area contributed by atoms with Crippen LogP contribution < -0.4 is 24.4 Å². The van der Waals surface area contributed by atoms with Crippen molar-refractivity contribution in [3.63, 3.8) is 0 Å². The monoisotopic (exact) mass is 564 g/mol. The molecule has 2 heterocycles. The second kappa shape index (κ2) is 11.3. The topological polar surface area (TPSA) is 104 Å². The van der Waals surface area contributed by atoms with Gasteiger partial charge in [0.2, 0.25) is 5.43 Å². The number of aromatic hydroxyl groups is 1. The lowest BCUT2D eigenvalue weighted by Crippen LogP contribution is -2.22. The molecule has 0 saturated carbocycles. The quantitative estimate of drug-likeness (QED) is 0.174. The number of fused-ring (bicyclic) bond motifs is 3. The number of methoxy groups -OCH3 is 2. The van der Waals surface area contributed by atoms with Crippen molar-refractivity contribution < 1.29 is 33.3 Å². The number of hydrogen-bond donors (Lipinski definition) is 1. The highest BCUT2D eigenvalue weighted by molar-refractivity contribution is 5.90. The first kappa shape index (κ1) is 27.0. The summed E-state index contributed by atoms with van der Waals surface area (Å²) in [5, 5.41) is 10.0. The summed E-state index contributed by atoms with van der Waals surface area (Å²) in [5.74, 6) is 1.53. The number of ether oxygens (including phenoxy) is 4. The minimum atomic E-state index is -0.442. The van der Waals surface area contributed by atoms with Crippen LogP contribution in [0.1, 0.15) is 29.0 Å². The molecule has 212 valence electrons. The summed E-state index contributed by atoms with van der Waals surface area (Å²) in [6.07, 6.45) is 2.15. The third kappa shape index (κ3) is 5.14. The molecular formula is C34H28O8. The van der Waals surface area contributed by atoms with Crippen molar-refractivity contribution in [3.8, 4) is 39.9 Å². The van der Waals surface area contributed by atoms with Gasteiger partial charge in [-0.2, -0.15) is 0 Å². The van der Waals surface area contributed by atoms with E-state index in [1.165, 1.54) is 18.4 Å². The third-order valence-electron chi connectivity index (χ3n) is 7.46. The second-order valence-electron chi connectivity index (χ2n) is 9.97. The van der Waals surface area contributed by atoms with E-state index in [2.05, 4.69) is 0 Å². The Kier molecular flexibility index (Phi) is 7.27. The summed E-state index contributed by atoms with van der Waals surface area (Å²) in [5.41, 5.74) is 3.64. The molecular weight excluding hydrogens is 536 g/mol. The Labute approximate surface area is 241 Å². The van der Waals surface area contributed by atoms with Crippen LogP contribution >= 0.6 is 0 Å². The Morgan fingerprint density at radius 1 is 0.881 bits per heavy atom. The van der Waals surface area contributed by atoms with Gasteiger partial charge in [-0.25, -0.2) is 0 Å². The summed E-state index contributed by atoms with van der Waals surface area (Å²) >= 11 is 0. The van der Waals surface area contributed by atoms with Crippen LogP contribution in [0.4, 0.5) is 0 Å². The normalized spacial score (nSPS) is 14.2. The zero-order valence-electron chi connectivity index (χ0n) is 23.1. The first-order valence-corrected chi connectivity index (χ1v) is 13.5. The Morgan fingerprint density at radius 3 is 2.40 bits per heavy atom. The molecule has 1 unspecified atom stereocenters. The highest BCUT2D eigenvalue weighted by Gasteiger charge is 2.33. The molecule has 1 atom stereocenters. The largest absolute Gasteiger partial charge is 0.508 e. The van der Waals surface area contributed by atoms with Crippen LogP contribution in [-0.4, -0.2) is 31.9 Å². The minimum Gasteiger partial charge on any atom is -0.508 e. The molecule has 42 heavy (non-hydrogen) atoms. The average Bonchev–Trinajstić information content (AvgIpc) is 3.01. The van der Waals surface area contributed by atoms with E-state index in [4.69, 9.17) is 23.4 Å². The van der Waals surface area contributed by atoms with Gasteiger partial charge in [-0.15, -0.1) is 0 Å². The van der Waals surface area contributed by atoms with Crippen LogP contribution in [0.25, 0.3) is 22.1 Å². The maximum Gasteiger partial charge on any atom is 0.312 e. The summed E-state index contributed by atoms with van der Waals surface area (Å²) in [6.45, 7) is 0.410. The first-order valence-electron chi connectivity index (χ1n) is 13.5. The first-order chi connectivity index (χ1) is 20.4. The van der Waals surface area contributed by atoms with E-state index in [1.807, 2.05) is 42.5 Å². The van der Waals surface area contributed by atoms with Crippen LogP contribution in [0.5, 0.6) is 28.7 Å². The van der Waals surface area contributed by atoms with Crippen LogP contribution in [0, 0.1) is 0 Å². The molecule has 1 aromatic heterocycles. The molecule has 0 amide bonds. The number of carbonyl (C=O) groups excluding carboxylic acids is 1. The molecule has 0 fully saturated rings. The Bertz CT molecular complexity index is 1820. The summed E-state index contributed by atoms with van der Waals surface area (Å²) < 4.78 is 28.6. The summed E-state index contributed by atoms with van der Waals surface area (Å²) in [7, 11) is 3.21. The molecule has 5 aromatic rings. The predicted molar refractivity (Wildman–Crippen MR) is 157 cm³/mol. The van der Waals surface area contributed by atoms with Crippen molar-refractivity contribution in [2.75, 3.05) is 20.8 Å². The van der Waals surface area contributed by atoms with Gasteiger partial charge in [-0.1, -0.05) is 30.3 Å². The second-order valence-corrected chi connectivity index (χ2v) is 9.97. The van der Waals surface area contributed by atoms with E-state index in [0.29, 0.717) is 57.9 Å². The fraction of sp³-hybridized carbons (Fsp3) is 0.176. The maximum absolute atomic E-state index is 13.5. The number of esters is 1. The van der Waals surface area contributed by atoms with E-state index in [-0.39, 0.29) is 23.6 Å². The van der Waals surface area contributed by atoms with Gasteiger partial charge in [0.15, 0.2) is 11.5 Å². The fourth-order valence-electron chi connectivity index (χ4n) is 5.27. The SMILES string of the molecule is COc1ccc(CCOc2cc(C3CC(=O)Oc4ccc5c(=O)c(-c6ccc(O)cc6)coc5c43)ccc2OC)cc1. The lowest BCUT2D eigenvalue weighted by atomic mass is 9.85. The van der Waals surface area contributed by atoms with Crippen LogP contribution in [0.2, 0.25) is 0 Å². The molecule has 0 radical (unpaired) electrons. The van der Waals surface area contributed by atoms with E-state index in [0.717, 1.165) is 16.9 Å². The number of benzene rings is 4. The predicted octanol–water partition coefficient (Wildman–Crippen LogP) is 6.25. The number of phenols is 1. The molecule has 0 spiro atoms. The van der Waals surface area contributed by atoms with Gasteiger partial charge in [-0.3, -0.25) is 9.59 Å². The van der Waals surface area contributed by atoms with Gasteiger partial charge >= 0.3 is 5.97 Å². The Hall–Kier alpha value is -5.24. The minimum absolute atomic E-state index is 0.0627. The lowest BCUT2D eigenvalue weighted by Gasteiger charge is -2.26. The van der Waals surface area contributed by atoms with Crippen molar-refractivity contribution in [2.24, 2.45) is 0 Å². The summed E-state index contributed by atoms with van der Waals surface area (Å²) in [6, 6.07) is 22.9. The van der Waals surface area contributed by atoms with Gasteiger partial charge in [0.25, 0.3) is 0 Å². The number of carbonyl (C=O) groups is 1. The standard InChI is InChI=1S/C34H28O8/c1-38-24-10-3-20(4-11-24)15-16-40-30-17-22(7-13-28(30)39-2)26-18-31(36)42-29-14-12-25-33(37)27(19-41-34(25)32(26)29)21-5-8-23(35)9-6-21/h3-14,17,19,26,35H,15-16,18H2,1-2H3. The smallest absolute Gasteiger partial charge is 0.312 e. The number of hydrogen-bond acceptors (Lipinski definition) is 8. The molecule has 0 saturated heterocycles. The van der Waals surface area contributed by atoms with Gasteiger partial charge in [0.05, 0.1) is 38.2 Å². The molecule has 8 nitrogen and oxygen atoms in total. The molecule has 8 heteroatoms. The Balaban J connectivity index is 1.35. The zero-order valence-corrected chi connectivity index (χ0v) is 23.1. The van der Waals surface area contributed by atoms with E-state index < -0.39 is 5.92 Å². The van der Waals surface area contributed by atoms with E-state index in [9.17, 15) is 14.7 Å². The van der Waals surface area contributed by atoms with Gasteiger partial charge in [0.1, 0.15) is 29.1 Å². The fourth-order valence-corrected chi connectivity index (χ4v) is 5.27. The average molecular weight is 565 g/mol. The lowest BCUT2D eigenvalue weighted by molar-refractivity contribution is -0.135. The van der Waals surface area contributed by atoms with Crippen molar-refractivity contribution in [3.05, 3.63) is 112 Å². The van der Waals surface area contributed by atoms with Gasteiger partial charge in [0, 0.05) is 17.9 Å². The third-order valence-corrected chi connectivity index (χ3v) is 7.46. The number of rotatable bonds is 8. The zero-order chi connectivity index (χ0) is 29.2. The van der Waals surface area contributed by atoms with Crippen LogP contribution in [-0.2, 0) is 11.2 Å². The van der Waals surface area contributed by atoms with Crippen LogP contribution in [0.3, 0.4) is 0 Å². The van der Waals surface area contributed by atoms with Crippen molar-refractivity contribution in [2.45, 2.75) is 18.8 Å². The highest BCUT2D eigenvalue weighted by atomic mass is 16.5. The van der Waals surface area contributed by atoms with Crippen molar-refractivity contribution in [1.29, 1.82) is 0 Å².